The lowest BCUT2D eigenvalue weighted by Crippen LogP contribution is -2.30. The molecule has 0 radical (unpaired) electrons. The molecule has 1 aliphatic rings. The zero-order chi connectivity index (χ0) is 13.8. The van der Waals surface area contributed by atoms with E-state index in [0.717, 1.165) is 12.8 Å². The summed E-state index contributed by atoms with van der Waals surface area (Å²) in [6.07, 6.45) is 2.30. The van der Waals surface area contributed by atoms with E-state index in [0.29, 0.717) is 18.2 Å². The van der Waals surface area contributed by atoms with Crippen LogP contribution in [0.4, 0.5) is 5.69 Å². The summed E-state index contributed by atoms with van der Waals surface area (Å²) >= 11 is 5.89. The molecule has 0 aliphatic heterocycles. The number of hydrogen-bond donors (Lipinski definition) is 2. The van der Waals surface area contributed by atoms with E-state index in [-0.39, 0.29) is 23.1 Å². The maximum atomic E-state index is 11.7. The molecule has 0 unspecified atom stereocenters. The molecule has 1 amide bonds. The van der Waals surface area contributed by atoms with E-state index in [4.69, 9.17) is 22.1 Å². The van der Waals surface area contributed by atoms with Crippen LogP contribution in [0.1, 0.15) is 23.2 Å². The Morgan fingerprint density at radius 3 is 2.84 bits per heavy atom. The maximum absolute atomic E-state index is 11.7. The minimum Gasteiger partial charge on any atom is -0.452 e. The first kappa shape index (κ1) is 13.7. The van der Waals surface area contributed by atoms with E-state index in [1.807, 2.05) is 0 Å². The van der Waals surface area contributed by atoms with Crippen molar-refractivity contribution >= 4 is 29.2 Å². The molecule has 5 nitrogen and oxygen atoms in total. The van der Waals surface area contributed by atoms with Gasteiger partial charge < -0.3 is 15.8 Å². The molecule has 102 valence electrons. The SMILES string of the molecule is Nc1cccc(C(=O)OCC(=O)NCC2CC2)c1Cl. The van der Waals surface area contributed by atoms with E-state index in [2.05, 4.69) is 5.32 Å². The van der Waals surface area contributed by atoms with Crippen molar-refractivity contribution in [2.24, 2.45) is 5.92 Å². The fourth-order valence-corrected chi connectivity index (χ4v) is 1.75. The standard InChI is InChI=1S/C13H15ClN2O3/c14-12-9(2-1-3-10(12)15)13(18)19-7-11(17)16-6-8-4-5-8/h1-3,8H,4-7,15H2,(H,16,17). The first-order chi connectivity index (χ1) is 9.08. The number of ether oxygens (including phenoxy) is 1. The first-order valence-electron chi connectivity index (χ1n) is 6.05. The number of amides is 1. The number of halogens is 1. The molecule has 0 aromatic heterocycles. The van der Waals surface area contributed by atoms with Crippen molar-refractivity contribution in [1.29, 1.82) is 0 Å². The van der Waals surface area contributed by atoms with Crippen molar-refractivity contribution in [3.8, 4) is 0 Å². The van der Waals surface area contributed by atoms with E-state index >= 15 is 0 Å². The molecule has 0 heterocycles. The molecule has 1 aromatic carbocycles. The summed E-state index contributed by atoms with van der Waals surface area (Å²) in [5.74, 6) is -0.373. The molecule has 0 spiro atoms. The van der Waals surface area contributed by atoms with Gasteiger partial charge in [0.05, 0.1) is 16.3 Å². The van der Waals surface area contributed by atoms with Gasteiger partial charge >= 0.3 is 5.97 Å². The average molecular weight is 283 g/mol. The number of esters is 1. The normalized spacial score (nSPS) is 13.9. The molecule has 1 fully saturated rings. The predicted molar refractivity (Wildman–Crippen MR) is 71.9 cm³/mol. The van der Waals surface area contributed by atoms with Gasteiger partial charge in [0.2, 0.25) is 0 Å². The highest BCUT2D eigenvalue weighted by Crippen LogP contribution is 2.27. The van der Waals surface area contributed by atoms with Crippen molar-refractivity contribution in [2.75, 3.05) is 18.9 Å². The lowest BCUT2D eigenvalue weighted by atomic mass is 10.2. The molecular weight excluding hydrogens is 268 g/mol. The second kappa shape index (κ2) is 5.93. The molecule has 0 saturated heterocycles. The van der Waals surface area contributed by atoms with E-state index in [1.54, 1.807) is 12.1 Å². The zero-order valence-corrected chi connectivity index (χ0v) is 11.1. The summed E-state index contributed by atoms with van der Waals surface area (Å²) < 4.78 is 4.89. The number of carbonyl (C=O) groups excluding carboxylic acids is 2. The third-order valence-corrected chi connectivity index (χ3v) is 3.29. The quantitative estimate of drug-likeness (QED) is 0.635. The van der Waals surface area contributed by atoms with Crippen LogP contribution in [-0.4, -0.2) is 25.0 Å². The first-order valence-corrected chi connectivity index (χ1v) is 6.43. The minimum absolute atomic E-state index is 0.144. The minimum atomic E-state index is -0.654. The number of rotatable bonds is 5. The summed E-state index contributed by atoms with van der Waals surface area (Å²) in [5, 5.41) is 2.85. The highest BCUT2D eigenvalue weighted by Gasteiger charge is 2.22. The lowest BCUT2D eigenvalue weighted by Gasteiger charge is -2.08. The lowest BCUT2D eigenvalue weighted by molar-refractivity contribution is -0.124. The third-order valence-electron chi connectivity index (χ3n) is 2.87. The Morgan fingerprint density at radius 1 is 1.42 bits per heavy atom. The Balaban J connectivity index is 1.82. The second-order valence-corrected chi connectivity index (χ2v) is 4.91. The second-order valence-electron chi connectivity index (χ2n) is 4.53. The van der Waals surface area contributed by atoms with Gasteiger partial charge in [0.25, 0.3) is 5.91 Å². The largest absolute Gasteiger partial charge is 0.452 e. The summed E-state index contributed by atoms with van der Waals surface area (Å²) in [6.45, 7) is 0.339. The van der Waals surface area contributed by atoms with Crippen LogP contribution in [0.15, 0.2) is 18.2 Å². The number of carbonyl (C=O) groups is 2. The Kier molecular flexibility index (Phi) is 4.27. The molecule has 6 heteroatoms. The number of nitrogen functional groups attached to an aromatic ring is 1. The Morgan fingerprint density at radius 2 is 2.16 bits per heavy atom. The van der Waals surface area contributed by atoms with Crippen LogP contribution < -0.4 is 11.1 Å². The van der Waals surface area contributed by atoms with Crippen molar-refractivity contribution in [3.05, 3.63) is 28.8 Å². The van der Waals surface area contributed by atoms with Crippen LogP contribution in [0.5, 0.6) is 0 Å². The number of hydrogen-bond acceptors (Lipinski definition) is 4. The van der Waals surface area contributed by atoms with Crippen molar-refractivity contribution < 1.29 is 14.3 Å². The smallest absolute Gasteiger partial charge is 0.340 e. The molecule has 0 atom stereocenters. The predicted octanol–water partition coefficient (Wildman–Crippen LogP) is 1.61. The van der Waals surface area contributed by atoms with Crippen LogP contribution in [-0.2, 0) is 9.53 Å². The van der Waals surface area contributed by atoms with Crippen molar-refractivity contribution in [2.45, 2.75) is 12.8 Å². The molecule has 19 heavy (non-hydrogen) atoms. The number of anilines is 1. The summed E-state index contributed by atoms with van der Waals surface area (Å²) in [4.78, 5) is 23.1. The monoisotopic (exact) mass is 282 g/mol. The highest BCUT2D eigenvalue weighted by molar-refractivity contribution is 6.36. The van der Waals surface area contributed by atoms with Gasteiger partial charge in [-0.15, -0.1) is 0 Å². The molecule has 3 N–H and O–H groups in total. The average Bonchev–Trinajstić information content (AvgIpc) is 3.21. The van der Waals surface area contributed by atoms with Gasteiger partial charge in [0.1, 0.15) is 0 Å². The molecule has 2 rings (SSSR count). The van der Waals surface area contributed by atoms with Crippen LogP contribution in [0.3, 0.4) is 0 Å². The van der Waals surface area contributed by atoms with Crippen LogP contribution in [0.25, 0.3) is 0 Å². The van der Waals surface area contributed by atoms with Crippen molar-refractivity contribution in [1.82, 2.24) is 5.32 Å². The van der Waals surface area contributed by atoms with Crippen LogP contribution in [0.2, 0.25) is 5.02 Å². The fraction of sp³-hybridized carbons (Fsp3) is 0.385. The summed E-state index contributed by atoms with van der Waals surface area (Å²) in [7, 11) is 0. The topological polar surface area (TPSA) is 81.4 Å². The Labute approximate surface area is 116 Å². The van der Waals surface area contributed by atoms with Gasteiger partial charge in [-0.1, -0.05) is 17.7 Å². The van der Waals surface area contributed by atoms with Gasteiger partial charge in [-0.3, -0.25) is 4.79 Å². The van der Waals surface area contributed by atoms with Crippen LogP contribution in [0, 0.1) is 5.92 Å². The van der Waals surface area contributed by atoms with E-state index in [9.17, 15) is 9.59 Å². The summed E-state index contributed by atoms with van der Waals surface area (Å²) in [5.41, 5.74) is 6.05. The van der Waals surface area contributed by atoms with Gasteiger partial charge in [-0.25, -0.2) is 4.79 Å². The molecule has 0 bridgehead atoms. The van der Waals surface area contributed by atoms with Crippen molar-refractivity contribution in [3.63, 3.8) is 0 Å². The maximum Gasteiger partial charge on any atom is 0.340 e. The number of nitrogens with one attached hydrogen (secondary N) is 1. The van der Waals surface area contributed by atoms with Gasteiger partial charge in [-0.2, -0.15) is 0 Å². The van der Waals surface area contributed by atoms with Crippen LogP contribution >= 0.6 is 11.6 Å². The highest BCUT2D eigenvalue weighted by atomic mass is 35.5. The van der Waals surface area contributed by atoms with E-state index < -0.39 is 5.97 Å². The molecular formula is C13H15ClN2O3. The Bertz CT molecular complexity index is 501. The number of benzene rings is 1. The molecule has 1 saturated carbocycles. The number of nitrogens with two attached hydrogens (primary N) is 1. The fourth-order valence-electron chi connectivity index (χ4n) is 1.55. The molecule has 1 aromatic rings. The van der Waals surface area contributed by atoms with Gasteiger partial charge in [0.15, 0.2) is 6.61 Å². The zero-order valence-electron chi connectivity index (χ0n) is 10.3. The third kappa shape index (κ3) is 3.86. The van der Waals surface area contributed by atoms with Gasteiger partial charge in [0, 0.05) is 6.54 Å². The van der Waals surface area contributed by atoms with E-state index in [1.165, 1.54) is 6.07 Å². The molecule has 1 aliphatic carbocycles. The summed E-state index contributed by atoms with van der Waals surface area (Å²) in [6, 6.07) is 4.69. The Hall–Kier alpha value is -1.75. The van der Waals surface area contributed by atoms with Gasteiger partial charge in [-0.05, 0) is 30.9 Å².